The van der Waals surface area contributed by atoms with Crippen molar-refractivity contribution in [3.8, 4) is 5.88 Å². The molecule has 1 amide bonds. The lowest BCUT2D eigenvalue weighted by molar-refractivity contribution is 0.102. The number of thiazole rings is 1. The molecule has 1 aromatic carbocycles. The first-order chi connectivity index (χ1) is 11.1. The molecule has 23 heavy (non-hydrogen) atoms. The van der Waals surface area contributed by atoms with Crippen LogP contribution < -0.4 is 5.32 Å². The molecule has 0 fully saturated rings. The fourth-order valence-corrected chi connectivity index (χ4v) is 2.84. The lowest BCUT2D eigenvalue weighted by Gasteiger charge is -1.99. The van der Waals surface area contributed by atoms with E-state index in [1.165, 1.54) is 29.7 Å². The summed E-state index contributed by atoms with van der Waals surface area (Å²) in [4.78, 5) is 20.5. The van der Waals surface area contributed by atoms with E-state index in [4.69, 9.17) is 0 Å². The maximum absolute atomic E-state index is 12.9. The number of amides is 1. The average molecular weight is 329 g/mol. The molecule has 0 aliphatic heterocycles. The first-order valence-electron chi connectivity index (χ1n) is 6.77. The van der Waals surface area contributed by atoms with Crippen LogP contribution in [0.5, 0.6) is 5.88 Å². The molecule has 0 spiro atoms. The van der Waals surface area contributed by atoms with Crippen LogP contribution in [0.2, 0.25) is 0 Å². The van der Waals surface area contributed by atoms with Crippen LogP contribution in [0.15, 0.2) is 48.7 Å². The molecule has 3 rings (SSSR count). The topological polar surface area (TPSA) is 75.1 Å². The first kappa shape index (κ1) is 15.1. The number of rotatable bonds is 4. The van der Waals surface area contributed by atoms with Crippen molar-refractivity contribution in [3.63, 3.8) is 0 Å². The number of aromatic hydroxyl groups is 1. The number of pyridine rings is 1. The van der Waals surface area contributed by atoms with E-state index < -0.39 is 5.91 Å². The van der Waals surface area contributed by atoms with Crippen LogP contribution >= 0.6 is 11.3 Å². The molecule has 2 aromatic heterocycles. The van der Waals surface area contributed by atoms with Crippen molar-refractivity contribution in [1.29, 1.82) is 0 Å². The van der Waals surface area contributed by atoms with Crippen LogP contribution in [0.1, 0.15) is 20.9 Å². The molecule has 0 saturated carbocycles. The molecule has 5 nitrogen and oxygen atoms in total. The fourth-order valence-electron chi connectivity index (χ4n) is 1.96. The summed E-state index contributed by atoms with van der Waals surface area (Å²) < 4.78 is 12.9. The molecule has 0 aliphatic carbocycles. The molecule has 0 atom stereocenters. The minimum atomic E-state index is -0.396. The van der Waals surface area contributed by atoms with Gasteiger partial charge in [0.25, 0.3) is 5.91 Å². The number of carbonyl (C=O) groups excluding carboxylic acids is 1. The number of hydrogen-bond donors (Lipinski definition) is 2. The number of hydrogen-bond acceptors (Lipinski definition) is 5. The average Bonchev–Trinajstić information content (AvgIpc) is 2.90. The van der Waals surface area contributed by atoms with E-state index >= 15 is 0 Å². The molecular formula is C16H12FN3O2S. The fraction of sp³-hybridized carbons (Fsp3) is 0.0625. The molecular weight excluding hydrogens is 317 g/mol. The molecule has 7 heteroatoms. The Balaban J connectivity index is 1.73. The van der Waals surface area contributed by atoms with E-state index in [9.17, 15) is 14.3 Å². The van der Waals surface area contributed by atoms with Gasteiger partial charge in [0.2, 0.25) is 5.88 Å². The van der Waals surface area contributed by atoms with Crippen molar-refractivity contribution >= 4 is 22.4 Å². The second-order valence-corrected chi connectivity index (χ2v) is 5.82. The van der Waals surface area contributed by atoms with E-state index in [2.05, 4.69) is 15.3 Å². The van der Waals surface area contributed by atoms with Crippen molar-refractivity contribution < 1.29 is 14.3 Å². The minimum Gasteiger partial charge on any atom is -0.492 e. The smallest absolute Gasteiger partial charge is 0.276 e. The summed E-state index contributed by atoms with van der Waals surface area (Å²) in [6, 6.07) is 11.0. The lowest BCUT2D eigenvalue weighted by atomic mass is 10.1. The number of nitrogens with one attached hydrogen (secondary N) is 1. The van der Waals surface area contributed by atoms with Gasteiger partial charge in [-0.2, -0.15) is 4.98 Å². The summed E-state index contributed by atoms with van der Waals surface area (Å²) >= 11 is 1.17. The van der Waals surface area contributed by atoms with Gasteiger partial charge in [0.05, 0.1) is 4.88 Å². The Morgan fingerprint density at radius 1 is 1.22 bits per heavy atom. The number of halogens is 1. The van der Waals surface area contributed by atoms with Crippen LogP contribution in [-0.2, 0) is 6.42 Å². The summed E-state index contributed by atoms with van der Waals surface area (Å²) in [6.07, 6.45) is 1.93. The van der Waals surface area contributed by atoms with Gasteiger partial charge in [0, 0.05) is 12.6 Å². The summed E-state index contributed by atoms with van der Waals surface area (Å²) in [5.74, 6) is -0.853. The zero-order chi connectivity index (χ0) is 16.2. The summed E-state index contributed by atoms with van der Waals surface area (Å²) in [7, 11) is 0. The van der Waals surface area contributed by atoms with Crippen LogP contribution in [0.3, 0.4) is 0 Å². The number of nitrogens with zero attached hydrogens (tertiary/aromatic N) is 2. The number of anilines is 1. The standard InChI is InChI=1S/C16H12FN3O2S/c17-11-6-4-10(5-7-11)9-13-15(22)20-16(23-13)19-14(21)12-3-1-2-8-18-12/h1-8,22H,9H2,(H,19,20,21). The van der Waals surface area contributed by atoms with Crippen molar-refractivity contribution in [3.05, 3.63) is 70.6 Å². The number of aromatic nitrogens is 2. The van der Waals surface area contributed by atoms with Crippen molar-refractivity contribution in [1.82, 2.24) is 9.97 Å². The van der Waals surface area contributed by atoms with Gasteiger partial charge in [-0.05, 0) is 29.8 Å². The minimum absolute atomic E-state index is 0.143. The van der Waals surface area contributed by atoms with Gasteiger partial charge < -0.3 is 5.11 Å². The SMILES string of the molecule is O=C(Nc1nc(O)c(Cc2ccc(F)cc2)s1)c1ccccn1. The molecule has 0 aliphatic rings. The van der Waals surface area contributed by atoms with Gasteiger partial charge in [-0.3, -0.25) is 15.1 Å². The molecule has 0 unspecified atom stereocenters. The summed E-state index contributed by atoms with van der Waals surface area (Å²) in [6.45, 7) is 0. The second-order valence-electron chi connectivity index (χ2n) is 4.74. The summed E-state index contributed by atoms with van der Waals surface area (Å²) in [5.41, 5.74) is 1.11. The normalized spacial score (nSPS) is 10.5. The van der Waals surface area contributed by atoms with Gasteiger partial charge in [-0.25, -0.2) is 4.39 Å². The number of benzene rings is 1. The van der Waals surface area contributed by atoms with Crippen LogP contribution in [0.4, 0.5) is 9.52 Å². The Kier molecular flexibility index (Phi) is 4.29. The monoisotopic (exact) mass is 329 g/mol. The maximum atomic E-state index is 12.9. The van der Waals surface area contributed by atoms with Gasteiger partial charge in [-0.15, -0.1) is 0 Å². The molecule has 0 bridgehead atoms. The van der Waals surface area contributed by atoms with E-state index in [-0.39, 0.29) is 22.5 Å². The Labute approximate surface area is 135 Å². The highest BCUT2D eigenvalue weighted by Crippen LogP contribution is 2.30. The van der Waals surface area contributed by atoms with Crippen LogP contribution in [0.25, 0.3) is 0 Å². The van der Waals surface area contributed by atoms with Gasteiger partial charge in [0.1, 0.15) is 11.5 Å². The quantitative estimate of drug-likeness (QED) is 0.770. The highest BCUT2D eigenvalue weighted by molar-refractivity contribution is 7.16. The third-order valence-electron chi connectivity index (χ3n) is 3.07. The third-order valence-corrected chi connectivity index (χ3v) is 4.03. The van der Waals surface area contributed by atoms with Crippen LogP contribution in [-0.4, -0.2) is 21.0 Å². The van der Waals surface area contributed by atoms with E-state index in [1.807, 2.05) is 0 Å². The van der Waals surface area contributed by atoms with Crippen molar-refractivity contribution in [2.75, 3.05) is 5.32 Å². The Hall–Kier alpha value is -2.80. The molecule has 0 saturated heterocycles. The Bertz CT molecular complexity index is 819. The van der Waals surface area contributed by atoms with Gasteiger partial charge in [0.15, 0.2) is 5.13 Å². The second kappa shape index (κ2) is 6.53. The predicted octanol–water partition coefficient (Wildman–Crippen LogP) is 3.23. The van der Waals surface area contributed by atoms with Gasteiger partial charge in [-0.1, -0.05) is 29.5 Å². The zero-order valence-electron chi connectivity index (χ0n) is 11.9. The molecule has 116 valence electrons. The van der Waals surface area contributed by atoms with Crippen molar-refractivity contribution in [2.45, 2.75) is 6.42 Å². The van der Waals surface area contributed by atoms with Gasteiger partial charge >= 0.3 is 0 Å². The highest BCUT2D eigenvalue weighted by Gasteiger charge is 2.14. The Morgan fingerprint density at radius 2 is 2.00 bits per heavy atom. The first-order valence-corrected chi connectivity index (χ1v) is 7.59. The van der Waals surface area contributed by atoms with Crippen molar-refractivity contribution in [2.24, 2.45) is 0 Å². The Morgan fingerprint density at radius 3 is 2.70 bits per heavy atom. The lowest BCUT2D eigenvalue weighted by Crippen LogP contribution is -2.12. The van der Waals surface area contributed by atoms with E-state index in [0.717, 1.165) is 5.56 Å². The maximum Gasteiger partial charge on any atom is 0.276 e. The van der Waals surface area contributed by atoms with E-state index in [1.54, 1.807) is 30.3 Å². The molecule has 2 N–H and O–H groups in total. The zero-order valence-corrected chi connectivity index (χ0v) is 12.7. The third kappa shape index (κ3) is 3.70. The molecule has 3 aromatic rings. The summed E-state index contributed by atoms with van der Waals surface area (Å²) in [5, 5.41) is 12.8. The number of carbonyl (C=O) groups is 1. The predicted molar refractivity (Wildman–Crippen MR) is 85.2 cm³/mol. The van der Waals surface area contributed by atoms with Crippen LogP contribution in [0, 0.1) is 5.82 Å². The largest absolute Gasteiger partial charge is 0.492 e. The highest BCUT2D eigenvalue weighted by atomic mass is 32.1. The molecule has 0 radical (unpaired) electrons. The molecule has 2 heterocycles. The van der Waals surface area contributed by atoms with E-state index in [0.29, 0.717) is 11.3 Å².